The van der Waals surface area contributed by atoms with E-state index in [-0.39, 0.29) is 106 Å². The van der Waals surface area contributed by atoms with E-state index in [1.165, 1.54) is 0 Å². The summed E-state index contributed by atoms with van der Waals surface area (Å²) in [7, 11) is 0. The molecule has 0 rings (SSSR count). The van der Waals surface area contributed by atoms with Crippen molar-refractivity contribution in [3.63, 3.8) is 0 Å². The smallest absolute Gasteiger partial charge is 1.00 e. The molecular weight excluding hydrogens is 251 g/mol. The quantitative estimate of drug-likeness (QED) is 0.244. The molecule has 0 bridgehead atoms. The zero-order valence-electron chi connectivity index (χ0n) is 6.96. The molecule has 50 valence electrons. The van der Waals surface area contributed by atoms with Crippen LogP contribution in [0.15, 0.2) is 5.34 Å². The summed E-state index contributed by atoms with van der Waals surface area (Å²) in [6, 6.07) is 0. The maximum Gasteiger partial charge on any atom is 1.00 e. The van der Waals surface area contributed by atoms with Crippen LogP contribution in [0.3, 0.4) is 0 Å². The number of aliphatic carboxylic acids is 1. The molecule has 0 unspecified atom stereocenters. The topological polar surface area (TPSA) is 92.6 Å². The van der Waals surface area contributed by atoms with Crippen LogP contribution in [0.5, 0.6) is 0 Å². The molecule has 11 heavy (non-hydrogen) atoms. The van der Waals surface area contributed by atoms with Crippen molar-refractivity contribution in [3.05, 3.63) is 10.1 Å². The average Bonchev–Trinajstić information content (AvgIpc) is 1.33. The summed E-state index contributed by atoms with van der Waals surface area (Å²) in [5.74, 6) is -1.08. The second-order valence-corrected chi connectivity index (χ2v) is 0.566. The largest absolute Gasteiger partial charge is 1.00 e. The number of halogens is 1. The second-order valence-electron chi connectivity index (χ2n) is 0.566. The second kappa shape index (κ2) is 39.5. The van der Waals surface area contributed by atoms with E-state index in [2.05, 4.69) is 0 Å². The van der Waals surface area contributed by atoms with Gasteiger partial charge in [-0.25, -0.2) is 0 Å². The zero-order valence-corrected chi connectivity index (χ0v) is 14.5. The summed E-state index contributed by atoms with van der Waals surface area (Å²) in [5, 5.41) is 17.9. The van der Waals surface area contributed by atoms with Gasteiger partial charge in [-0.3, -0.25) is 0 Å². The van der Waals surface area contributed by atoms with Crippen LogP contribution in [-0.2, 0) is 4.79 Å². The fraction of sp³-hybridized carbons (Fsp3) is 0.500. The standard InChI is InChI=1S/C2H4O2.BrH.HNO2.3Na/c1-2(3)4;;2-1-3;;;/h1H3,(H,3,4);1H;(H,2,3);;;/q;;;3*+1/p-3. The Labute approximate surface area is 141 Å². The molecule has 0 aliphatic rings. The SMILES string of the molecule is CC(=O)[O-].O=N[O-].[Br-].[Na+].[Na+].[Na+]. The van der Waals surface area contributed by atoms with Crippen LogP contribution >= 0.6 is 0 Å². The molecular formula is C2H3BrNNa3O4. The Morgan fingerprint density at radius 3 is 1.27 bits per heavy atom. The molecule has 0 radical (unpaired) electrons. The predicted octanol–water partition coefficient (Wildman–Crippen LogP) is -13.0. The Hall–Kier alpha value is 2.35. The van der Waals surface area contributed by atoms with E-state index in [4.69, 9.17) is 20.0 Å². The summed E-state index contributed by atoms with van der Waals surface area (Å²) in [5.41, 5.74) is 0. The molecule has 0 saturated heterocycles. The molecule has 0 fully saturated rings. The first-order valence-electron chi connectivity index (χ1n) is 1.27. The number of carbonyl (C=O) groups is 1. The molecule has 0 aliphatic carbocycles. The minimum absolute atomic E-state index is 0. The van der Waals surface area contributed by atoms with Crippen LogP contribution in [0.1, 0.15) is 6.92 Å². The van der Waals surface area contributed by atoms with Gasteiger partial charge in [0.15, 0.2) is 0 Å². The number of carboxylic acid groups (broad SMARTS) is 1. The minimum Gasteiger partial charge on any atom is -1.00 e. The maximum absolute atomic E-state index is 8.89. The van der Waals surface area contributed by atoms with E-state index in [0.29, 0.717) is 0 Å². The summed E-state index contributed by atoms with van der Waals surface area (Å²) in [6.45, 7) is 0.972. The van der Waals surface area contributed by atoms with Gasteiger partial charge in [-0.05, 0) is 6.92 Å². The van der Waals surface area contributed by atoms with Crippen LogP contribution in [0.25, 0.3) is 0 Å². The van der Waals surface area contributed by atoms with Gasteiger partial charge >= 0.3 is 88.7 Å². The minimum atomic E-state index is -1.08. The maximum atomic E-state index is 8.89. The summed E-state index contributed by atoms with van der Waals surface area (Å²) in [6.07, 6.45) is 0. The summed E-state index contributed by atoms with van der Waals surface area (Å²) >= 11 is 0. The van der Waals surface area contributed by atoms with E-state index < -0.39 is 5.97 Å². The summed E-state index contributed by atoms with van der Waals surface area (Å²) in [4.78, 5) is 16.9. The Morgan fingerprint density at radius 2 is 1.27 bits per heavy atom. The molecule has 0 heterocycles. The van der Waals surface area contributed by atoms with E-state index >= 15 is 0 Å². The van der Waals surface area contributed by atoms with Gasteiger partial charge in [0.05, 0.1) is 0 Å². The Morgan fingerprint density at radius 1 is 1.27 bits per heavy atom. The molecule has 0 spiro atoms. The van der Waals surface area contributed by atoms with Crippen LogP contribution < -0.4 is 111 Å². The van der Waals surface area contributed by atoms with Crippen LogP contribution in [0, 0.1) is 10.1 Å². The van der Waals surface area contributed by atoms with Crippen molar-refractivity contribution < 1.29 is 116 Å². The molecule has 0 aromatic heterocycles. The molecule has 0 aromatic rings. The van der Waals surface area contributed by atoms with Crippen LogP contribution in [-0.4, -0.2) is 5.97 Å². The van der Waals surface area contributed by atoms with E-state index in [9.17, 15) is 0 Å². The van der Waals surface area contributed by atoms with Crippen LogP contribution in [0.2, 0.25) is 0 Å². The van der Waals surface area contributed by atoms with Crippen molar-refractivity contribution in [2.24, 2.45) is 5.34 Å². The molecule has 0 saturated carbocycles. The van der Waals surface area contributed by atoms with Crippen molar-refractivity contribution in [2.75, 3.05) is 0 Å². The van der Waals surface area contributed by atoms with Crippen molar-refractivity contribution in [1.29, 1.82) is 0 Å². The third-order valence-electron chi connectivity index (χ3n) is 0. The van der Waals surface area contributed by atoms with Gasteiger partial charge in [-0.15, -0.1) is 5.34 Å². The number of rotatable bonds is 0. The van der Waals surface area contributed by atoms with Gasteiger partial charge in [0.25, 0.3) is 0 Å². The van der Waals surface area contributed by atoms with Gasteiger partial charge < -0.3 is 37.0 Å². The number of hydrogen-bond donors (Lipinski definition) is 0. The van der Waals surface area contributed by atoms with Gasteiger partial charge in [-0.2, -0.15) is 0 Å². The fourth-order valence-electron chi connectivity index (χ4n) is 0. The van der Waals surface area contributed by atoms with Gasteiger partial charge in [0.2, 0.25) is 0 Å². The monoisotopic (exact) mass is 253 g/mol. The van der Waals surface area contributed by atoms with Crippen molar-refractivity contribution >= 4 is 5.97 Å². The fourth-order valence-corrected chi connectivity index (χ4v) is 0. The van der Waals surface area contributed by atoms with E-state index in [0.717, 1.165) is 12.3 Å². The number of hydrogen-bond acceptors (Lipinski definition) is 5. The first kappa shape index (κ1) is 37.7. The number of carbonyl (C=O) groups excluding carboxylic acids is 1. The third kappa shape index (κ3) is 240. The molecule has 0 atom stereocenters. The van der Waals surface area contributed by atoms with E-state index in [1.54, 1.807) is 0 Å². The third-order valence-corrected chi connectivity index (χ3v) is 0. The number of carboxylic acids is 1. The number of nitrogens with zero attached hydrogens (tertiary/aromatic N) is 1. The van der Waals surface area contributed by atoms with Crippen molar-refractivity contribution in [1.82, 2.24) is 0 Å². The van der Waals surface area contributed by atoms with Gasteiger partial charge in [0, 0.05) is 5.97 Å². The normalized spacial score (nSPS) is 3.36. The molecule has 0 aliphatic heterocycles. The average molecular weight is 254 g/mol. The molecule has 0 N–H and O–H groups in total. The van der Waals surface area contributed by atoms with Gasteiger partial charge in [0.1, 0.15) is 0 Å². The van der Waals surface area contributed by atoms with Crippen molar-refractivity contribution in [2.45, 2.75) is 6.92 Å². The van der Waals surface area contributed by atoms with E-state index in [1.807, 2.05) is 0 Å². The molecule has 5 nitrogen and oxygen atoms in total. The Balaban J connectivity index is -0.00000000848. The Kier molecular flexibility index (Phi) is 135. The van der Waals surface area contributed by atoms with Gasteiger partial charge in [-0.1, -0.05) is 0 Å². The summed E-state index contributed by atoms with van der Waals surface area (Å²) < 4.78 is 0. The predicted molar refractivity (Wildman–Crippen MR) is 19.8 cm³/mol. The molecule has 0 aromatic carbocycles. The molecule has 0 amide bonds. The first-order chi connectivity index (χ1) is 3.15. The zero-order chi connectivity index (χ0) is 6.28. The Bertz CT molecular complexity index is 70.4. The van der Waals surface area contributed by atoms with Crippen LogP contribution in [0.4, 0.5) is 0 Å². The molecule has 9 heteroatoms. The first-order valence-corrected chi connectivity index (χ1v) is 1.27. The van der Waals surface area contributed by atoms with Crippen molar-refractivity contribution in [3.8, 4) is 0 Å².